The van der Waals surface area contributed by atoms with Crippen LogP contribution < -0.4 is 10.1 Å². The second kappa shape index (κ2) is 7.00. The molecule has 116 valence electrons. The van der Waals surface area contributed by atoms with Crippen molar-refractivity contribution in [2.75, 3.05) is 20.2 Å². The number of ether oxygens (including phenoxy) is 1. The number of halogens is 1. The SMILES string of the molecule is CC(O)CN(C)C(=O)NC1CCCOc2c(Cl)cccc21. The van der Waals surface area contributed by atoms with Gasteiger partial charge in [0.1, 0.15) is 5.75 Å². The van der Waals surface area contributed by atoms with E-state index in [-0.39, 0.29) is 18.6 Å². The maximum atomic E-state index is 12.2. The number of hydrogen-bond acceptors (Lipinski definition) is 3. The lowest BCUT2D eigenvalue weighted by Crippen LogP contribution is -2.42. The molecule has 1 aliphatic rings. The van der Waals surface area contributed by atoms with Crippen LogP contribution in [-0.2, 0) is 0 Å². The van der Waals surface area contributed by atoms with E-state index in [1.54, 1.807) is 20.0 Å². The van der Waals surface area contributed by atoms with Crippen molar-refractivity contribution < 1.29 is 14.6 Å². The number of amides is 2. The first-order chi connectivity index (χ1) is 9.99. The molecular formula is C15H21ClN2O3. The third-order valence-corrected chi connectivity index (χ3v) is 3.74. The highest BCUT2D eigenvalue weighted by Gasteiger charge is 2.24. The second-order valence-electron chi connectivity index (χ2n) is 5.38. The zero-order valence-corrected chi connectivity index (χ0v) is 13.1. The van der Waals surface area contributed by atoms with Crippen LogP contribution in [0.2, 0.25) is 5.02 Å². The largest absolute Gasteiger partial charge is 0.492 e. The molecule has 0 saturated carbocycles. The molecule has 6 heteroatoms. The van der Waals surface area contributed by atoms with Gasteiger partial charge in [0.2, 0.25) is 0 Å². The van der Waals surface area contributed by atoms with Gasteiger partial charge in [-0.05, 0) is 25.8 Å². The molecule has 0 fully saturated rings. The molecule has 1 aromatic rings. The fourth-order valence-electron chi connectivity index (χ4n) is 2.46. The molecule has 0 radical (unpaired) electrons. The number of benzene rings is 1. The van der Waals surface area contributed by atoms with Gasteiger partial charge < -0.3 is 20.1 Å². The summed E-state index contributed by atoms with van der Waals surface area (Å²) in [7, 11) is 1.66. The average molecular weight is 313 g/mol. The summed E-state index contributed by atoms with van der Waals surface area (Å²) >= 11 is 6.17. The van der Waals surface area contributed by atoms with E-state index in [0.717, 1.165) is 18.4 Å². The first-order valence-electron chi connectivity index (χ1n) is 7.10. The van der Waals surface area contributed by atoms with Crippen molar-refractivity contribution in [3.63, 3.8) is 0 Å². The van der Waals surface area contributed by atoms with Crippen LogP contribution in [0.4, 0.5) is 4.79 Å². The molecule has 1 aromatic carbocycles. The molecular weight excluding hydrogens is 292 g/mol. The Bertz CT molecular complexity index is 508. The number of likely N-dealkylation sites (N-methyl/N-ethyl adjacent to an activating group) is 1. The Labute approximate surface area is 129 Å². The maximum absolute atomic E-state index is 12.2. The maximum Gasteiger partial charge on any atom is 0.317 e. The van der Waals surface area contributed by atoms with Crippen molar-refractivity contribution in [2.24, 2.45) is 0 Å². The standard InChI is InChI=1S/C15H21ClN2O3/c1-10(19)9-18(2)15(20)17-13-7-4-8-21-14-11(13)5-3-6-12(14)16/h3,5-6,10,13,19H,4,7-9H2,1-2H3,(H,17,20). The highest BCUT2D eigenvalue weighted by atomic mass is 35.5. The third-order valence-electron chi connectivity index (χ3n) is 3.44. The topological polar surface area (TPSA) is 61.8 Å². The summed E-state index contributed by atoms with van der Waals surface area (Å²) in [6.07, 6.45) is 1.08. The molecule has 0 spiro atoms. The molecule has 0 aliphatic carbocycles. The predicted octanol–water partition coefficient (Wildman–Crippen LogP) is 2.58. The number of aliphatic hydroxyl groups is 1. The van der Waals surface area contributed by atoms with E-state index in [9.17, 15) is 9.90 Å². The number of carbonyl (C=O) groups is 1. The van der Waals surface area contributed by atoms with Gasteiger partial charge in [-0.1, -0.05) is 23.7 Å². The van der Waals surface area contributed by atoms with Gasteiger partial charge in [0, 0.05) is 19.2 Å². The lowest BCUT2D eigenvalue weighted by Gasteiger charge is -2.24. The van der Waals surface area contributed by atoms with E-state index in [1.807, 2.05) is 12.1 Å². The van der Waals surface area contributed by atoms with E-state index in [2.05, 4.69) is 5.32 Å². The Hall–Kier alpha value is -1.46. The van der Waals surface area contributed by atoms with Crippen LogP contribution in [0.3, 0.4) is 0 Å². The van der Waals surface area contributed by atoms with Crippen molar-refractivity contribution in [1.29, 1.82) is 0 Å². The predicted molar refractivity (Wildman–Crippen MR) is 81.8 cm³/mol. The molecule has 0 aromatic heterocycles. The zero-order chi connectivity index (χ0) is 15.4. The number of carbonyl (C=O) groups excluding carboxylic acids is 1. The highest BCUT2D eigenvalue weighted by molar-refractivity contribution is 6.32. The highest BCUT2D eigenvalue weighted by Crippen LogP contribution is 2.36. The molecule has 21 heavy (non-hydrogen) atoms. The smallest absolute Gasteiger partial charge is 0.317 e. The summed E-state index contributed by atoms with van der Waals surface area (Å²) in [6.45, 7) is 2.53. The Balaban J connectivity index is 2.14. The van der Waals surface area contributed by atoms with Crippen molar-refractivity contribution in [1.82, 2.24) is 10.2 Å². The Morgan fingerprint density at radius 3 is 3.10 bits per heavy atom. The summed E-state index contributed by atoms with van der Waals surface area (Å²) in [5.41, 5.74) is 0.902. The molecule has 0 saturated heterocycles. The fourth-order valence-corrected chi connectivity index (χ4v) is 2.69. The number of para-hydroxylation sites is 1. The lowest BCUT2D eigenvalue weighted by atomic mass is 10.0. The van der Waals surface area contributed by atoms with Crippen LogP contribution in [0, 0.1) is 0 Å². The normalized spacial score (nSPS) is 19.0. The van der Waals surface area contributed by atoms with Crippen LogP contribution in [0.15, 0.2) is 18.2 Å². The van der Waals surface area contributed by atoms with Gasteiger partial charge in [0.05, 0.1) is 23.8 Å². The van der Waals surface area contributed by atoms with Gasteiger partial charge >= 0.3 is 6.03 Å². The molecule has 1 heterocycles. The first-order valence-corrected chi connectivity index (χ1v) is 7.47. The van der Waals surface area contributed by atoms with E-state index in [4.69, 9.17) is 16.3 Å². The van der Waals surface area contributed by atoms with Crippen molar-refractivity contribution in [3.05, 3.63) is 28.8 Å². The van der Waals surface area contributed by atoms with Crippen molar-refractivity contribution >= 4 is 17.6 Å². The number of aliphatic hydroxyl groups excluding tert-OH is 1. The monoisotopic (exact) mass is 312 g/mol. The van der Waals surface area contributed by atoms with Crippen molar-refractivity contribution in [2.45, 2.75) is 31.9 Å². The van der Waals surface area contributed by atoms with Gasteiger partial charge in [-0.15, -0.1) is 0 Å². The summed E-state index contributed by atoms with van der Waals surface area (Å²) in [6, 6.07) is 5.21. The number of urea groups is 1. The van der Waals surface area contributed by atoms with Gasteiger partial charge in [0.25, 0.3) is 0 Å². The number of nitrogens with zero attached hydrogens (tertiary/aromatic N) is 1. The summed E-state index contributed by atoms with van der Waals surface area (Å²) in [5, 5.41) is 12.9. The summed E-state index contributed by atoms with van der Waals surface area (Å²) < 4.78 is 5.68. The number of fused-ring (bicyclic) bond motifs is 1. The molecule has 2 unspecified atom stereocenters. The lowest BCUT2D eigenvalue weighted by molar-refractivity contribution is 0.142. The molecule has 2 atom stereocenters. The Morgan fingerprint density at radius 1 is 1.62 bits per heavy atom. The van der Waals surface area contributed by atoms with E-state index >= 15 is 0 Å². The molecule has 0 bridgehead atoms. The van der Waals surface area contributed by atoms with Crippen LogP contribution in [0.1, 0.15) is 31.4 Å². The second-order valence-corrected chi connectivity index (χ2v) is 5.79. The molecule has 2 amide bonds. The summed E-state index contributed by atoms with van der Waals surface area (Å²) in [5.74, 6) is 0.653. The molecule has 2 N–H and O–H groups in total. The van der Waals surface area contributed by atoms with Crippen molar-refractivity contribution in [3.8, 4) is 5.75 Å². The molecule has 5 nitrogen and oxygen atoms in total. The molecule has 2 rings (SSSR count). The van der Waals surface area contributed by atoms with Gasteiger partial charge in [0.15, 0.2) is 0 Å². The first kappa shape index (κ1) is 15.9. The van der Waals surface area contributed by atoms with E-state index < -0.39 is 6.10 Å². The van der Waals surface area contributed by atoms with E-state index in [1.165, 1.54) is 4.90 Å². The Morgan fingerprint density at radius 2 is 2.38 bits per heavy atom. The van der Waals surface area contributed by atoms with Crippen LogP contribution in [-0.4, -0.2) is 42.3 Å². The zero-order valence-electron chi connectivity index (χ0n) is 12.3. The average Bonchev–Trinajstić information content (AvgIpc) is 2.62. The van der Waals surface area contributed by atoms with Gasteiger partial charge in [-0.3, -0.25) is 0 Å². The number of rotatable bonds is 3. The minimum absolute atomic E-state index is 0.134. The quantitative estimate of drug-likeness (QED) is 0.901. The van der Waals surface area contributed by atoms with Crippen LogP contribution in [0.5, 0.6) is 5.75 Å². The Kier molecular flexibility index (Phi) is 5.31. The molecule has 1 aliphatic heterocycles. The minimum atomic E-state index is -0.556. The third kappa shape index (κ3) is 4.02. The number of hydrogen-bond donors (Lipinski definition) is 2. The fraction of sp³-hybridized carbons (Fsp3) is 0.533. The van der Waals surface area contributed by atoms with Crippen LogP contribution >= 0.6 is 11.6 Å². The number of nitrogens with one attached hydrogen (secondary N) is 1. The minimum Gasteiger partial charge on any atom is -0.492 e. The van der Waals surface area contributed by atoms with Crippen LogP contribution in [0.25, 0.3) is 0 Å². The van der Waals surface area contributed by atoms with E-state index in [0.29, 0.717) is 17.4 Å². The summed E-state index contributed by atoms with van der Waals surface area (Å²) in [4.78, 5) is 13.7. The van der Waals surface area contributed by atoms with Gasteiger partial charge in [-0.25, -0.2) is 4.79 Å². The van der Waals surface area contributed by atoms with Gasteiger partial charge in [-0.2, -0.15) is 0 Å².